The molecule has 1 heterocycles. The Bertz CT molecular complexity index is 958. The number of nitrogens with zero attached hydrogens (tertiary/aromatic N) is 2. The molecule has 6 nitrogen and oxygen atoms in total. The van der Waals surface area contributed by atoms with Crippen LogP contribution in [0.25, 0.3) is 0 Å². The van der Waals surface area contributed by atoms with Gasteiger partial charge in [-0.15, -0.1) is 10.2 Å². The summed E-state index contributed by atoms with van der Waals surface area (Å²) >= 11 is 0. The van der Waals surface area contributed by atoms with Crippen LogP contribution in [0, 0.1) is 0 Å². The maximum Gasteiger partial charge on any atom is 0.416 e. The van der Waals surface area contributed by atoms with Gasteiger partial charge in [0.05, 0.1) is 12.7 Å². The molecule has 144 valence electrons. The van der Waals surface area contributed by atoms with E-state index >= 15 is 0 Å². The van der Waals surface area contributed by atoms with Crippen LogP contribution in [0.5, 0.6) is 5.75 Å². The summed E-state index contributed by atoms with van der Waals surface area (Å²) in [6, 6.07) is 14.2. The van der Waals surface area contributed by atoms with E-state index in [0.717, 1.165) is 12.1 Å². The van der Waals surface area contributed by atoms with Crippen molar-refractivity contribution in [2.75, 3.05) is 17.7 Å². The van der Waals surface area contributed by atoms with Gasteiger partial charge in [-0.25, -0.2) is 0 Å². The van der Waals surface area contributed by atoms with E-state index in [4.69, 9.17) is 4.74 Å². The number of methoxy groups -OCH3 is 1. The predicted molar refractivity (Wildman–Crippen MR) is 97.7 cm³/mol. The molecule has 2 N–H and O–H groups in total. The number of nitrogens with one attached hydrogen (secondary N) is 2. The number of aromatic nitrogens is 2. The largest absolute Gasteiger partial charge is 0.497 e. The second-order valence-corrected chi connectivity index (χ2v) is 5.69. The van der Waals surface area contributed by atoms with Gasteiger partial charge in [0.25, 0.3) is 5.91 Å². The normalized spacial score (nSPS) is 11.0. The molecule has 0 radical (unpaired) electrons. The molecule has 0 atom stereocenters. The number of halogens is 3. The minimum absolute atomic E-state index is 0.204. The molecule has 0 saturated carbocycles. The molecule has 0 aliphatic heterocycles. The van der Waals surface area contributed by atoms with Gasteiger partial charge in [-0.1, -0.05) is 6.07 Å². The summed E-state index contributed by atoms with van der Waals surface area (Å²) in [5, 5.41) is 13.0. The zero-order valence-electron chi connectivity index (χ0n) is 14.6. The predicted octanol–water partition coefficient (Wildman–Crippen LogP) is 4.50. The minimum Gasteiger partial charge on any atom is -0.497 e. The number of carbonyl (C=O) groups excluding carboxylic acids is 1. The fraction of sp³-hybridized carbons (Fsp3) is 0.105. The van der Waals surface area contributed by atoms with Crippen LogP contribution in [-0.2, 0) is 6.18 Å². The van der Waals surface area contributed by atoms with Crippen molar-refractivity contribution >= 4 is 23.2 Å². The van der Waals surface area contributed by atoms with Gasteiger partial charge in [0.2, 0.25) is 0 Å². The van der Waals surface area contributed by atoms with Gasteiger partial charge in [0.15, 0.2) is 11.6 Å². The molecule has 0 unspecified atom stereocenters. The number of anilines is 3. The van der Waals surface area contributed by atoms with Crippen molar-refractivity contribution in [1.82, 2.24) is 10.2 Å². The lowest BCUT2D eigenvalue weighted by Crippen LogP contribution is -2.13. The standard InChI is InChI=1S/C19H15F3N4O2/c1-28-15-7-5-12(6-8-15)18(27)24-17-10-9-16(25-26-17)23-14-4-2-3-13(11-14)19(20,21)22/h2-11H,1H3,(H,23,25)(H,24,26,27). The summed E-state index contributed by atoms with van der Waals surface area (Å²) in [7, 11) is 1.53. The highest BCUT2D eigenvalue weighted by Gasteiger charge is 2.30. The van der Waals surface area contributed by atoms with Crippen LogP contribution in [0.3, 0.4) is 0 Å². The molecule has 2 aromatic carbocycles. The van der Waals surface area contributed by atoms with Crippen LogP contribution in [0.1, 0.15) is 15.9 Å². The molecule has 28 heavy (non-hydrogen) atoms. The molecule has 3 rings (SSSR count). The van der Waals surface area contributed by atoms with E-state index in [1.165, 1.54) is 31.4 Å². The first-order chi connectivity index (χ1) is 13.3. The van der Waals surface area contributed by atoms with E-state index in [0.29, 0.717) is 11.3 Å². The lowest BCUT2D eigenvalue weighted by Gasteiger charge is -2.10. The number of alkyl halides is 3. The van der Waals surface area contributed by atoms with E-state index in [2.05, 4.69) is 20.8 Å². The fourth-order valence-corrected chi connectivity index (χ4v) is 2.32. The van der Waals surface area contributed by atoms with Gasteiger partial charge in [0, 0.05) is 11.3 Å². The average Bonchev–Trinajstić information content (AvgIpc) is 2.69. The summed E-state index contributed by atoms with van der Waals surface area (Å²) < 4.78 is 43.3. The van der Waals surface area contributed by atoms with Crippen molar-refractivity contribution in [3.05, 3.63) is 71.8 Å². The highest BCUT2D eigenvalue weighted by Crippen LogP contribution is 2.31. The Labute approximate surface area is 158 Å². The zero-order chi connectivity index (χ0) is 20.1. The maximum absolute atomic E-state index is 12.8. The van der Waals surface area contributed by atoms with Gasteiger partial charge in [-0.2, -0.15) is 13.2 Å². The molecule has 0 aliphatic carbocycles. The summed E-state index contributed by atoms with van der Waals surface area (Å²) in [5.74, 6) is 0.689. The molecule has 0 aliphatic rings. The van der Waals surface area contributed by atoms with Crippen LogP contribution in [0.15, 0.2) is 60.7 Å². The molecular formula is C19H15F3N4O2. The second-order valence-electron chi connectivity index (χ2n) is 5.69. The van der Waals surface area contributed by atoms with Crippen molar-refractivity contribution in [3.8, 4) is 5.75 Å². The van der Waals surface area contributed by atoms with Crippen LogP contribution >= 0.6 is 0 Å². The molecule has 0 bridgehead atoms. The Morgan fingerprint density at radius 1 is 0.964 bits per heavy atom. The number of benzene rings is 2. The topological polar surface area (TPSA) is 76.1 Å². The van der Waals surface area contributed by atoms with Crippen molar-refractivity contribution in [3.63, 3.8) is 0 Å². The Morgan fingerprint density at radius 2 is 1.64 bits per heavy atom. The number of rotatable bonds is 5. The molecule has 1 amide bonds. The van der Waals surface area contributed by atoms with E-state index in [1.54, 1.807) is 24.3 Å². The Kier molecular flexibility index (Phi) is 5.44. The van der Waals surface area contributed by atoms with Gasteiger partial charge in [-0.3, -0.25) is 4.79 Å². The molecule has 3 aromatic rings. The minimum atomic E-state index is -4.43. The number of hydrogen-bond acceptors (Lipinski definition) is 5. The van der Waals surface area contributed by atoms with E-state index in [-0.39, 0.29) is 23.2 Å². The average molecular weight is 388 g/mol. The van der Waals surface area contributed by atoms with Gasteiger partial charge < -0.3 is 15.4 Å². The quantitative estimate of drug-likeness (QED) is 0.673. The number of ether oxygens (including phenoxy) is 1. The van der Waals surface area contributed by atoms with Crippen molar-refractivity contribution < 1.29 is 22.7 Å². The summed E-state index contributed by atoms with van der Waals surface area (Å²) in [6.45, 7) is 0. The van der Waals surface area contributed by atoms with E-state index < -0.39 is 11.7 Å². The first-order valence-corrected chi connectivity index (χ1v) is 8.08. The van der Waals surface area contributed by atoms with Crippen molar-refractivity contribution in [2.24, 2.45) is 0 Å². The van der Waals surface area contributed by atoms with E-state index in [1.807, 2.05) is 0 Å². The van der Waals surface area contributed by atoms with E-state index in [9.17, 15) is 18.0 Å². The van der Waals surface area contributed by atoms with Gasteiger partial charge >= 0.3 is 6.18 Å². The first-order valence-electron chi connectivity index (χ1n) is 8.08. The summed E-state index contributed by atoms with van der Waals surface area (Å²) in [5.41, 5.74) is -0.137. The van der Waals surface area contributed by atoms with Crippen molar-refractivity contribution in [1.29, 1.82) is 0 Å². The van der Waals surface area contributed by atoms with Crippen LogP contribution in [0.2, 0.25) is 0 Å². The Hall–Kier alpha value is -3.62. The monoisotopic (exact) mass is 388 g/mol. The van der Waals surface area contributed by atoms with Crippen LogP contribution in [0.4, 0.5) is 30.5 Å². The number of carbonyl (C=O) groups is 1. The fourth-order valence-electron chi connectivity index (χ4n) is 2.32. The summed E-state index contributed by atoms with van der Waals surface area (Å²) in [6.07, 6.45) is -4.43. The van der Waals surface area contributed by atoms with Crippen LogP contribution in [-0.4, -0.2) is 23.2 Å². The molecule has 0 saturated heterocycles. The van der Waals surface area contributed by atoms with Gasteiger partial charge in [-0.05, 0) is 54.6 Å². The second kappa shape index (κ2) is 7.95. The highest BCUT2D eigenvalue weighted by atomic mass is 19.4. The molecule has 1 aromatic heterocycles. The smallest absolute Gasteiger partial charge is 0.416 e. The summed E-state index contributed by atoms with van der Waals surface area (Å²) in [4.78, 5) is 12.2. The molecule has 0 fully saturated rings. The molecule has 9 heteroatoms. The lowest BCUT2D eigenvalue weighted by atomic mass is 10.2. The third-order valence-corrected chi connectivity index (χ3v) is 3.72. The SMILES string of the molecule is COc1ccc(C(=O)Nc2ccc(Nc3cccc(C(F)(F)F)c3)nn2)cc1. The van der Waals surface area contributed by atoms with Crippen LogP contribution < -0.4 is 15.4 Å². The number of hydrogen-bond donors (Lipinski definition) is 2. The van der Waals surface area contributed by atoms with Crippen molar-refractivity contribution in [2.45, 2.75) is 6.18 Å². The molecule has 0 spiro atoms. The Morgan fingerprint density at radius 3 is 2.25 bits per heavy atom. The highest BCUT2D eigenvalue weighted by molar-refractivity contribution is 6.03. The molecular weight excluding hydrogens is 373 g/mol. The first kappa shape index (κ1) is 19.2. The third kappa shape index (κ3) is 4.76. The maximum atomic E-state index is 12.8. The van der Waals surface area contributed by atoms with Gasteiger partial charge in [0.1, 0.15) is 5.75 Å². The third-order valence-electron chi connectivity index (χ3n) is 3.72. The Balaban J connectivity index is 1.65. The number of amides is 1. The lowest BCUT2D eigenvalue weighted by molar-refractivity contribution is -0.137. The zero-order valence-corrected chi connectivity index (χ0v) is 14.6.